The first-order chi connectivity index (χ1) is 8.78. The van der Waals surface area contributed by atoms with Gasteiger partial charge in [-0.3, -0.25) is 4.79 Å². The minimum absolute atomic E-state index is 0.0171. The predicted molar refractivity (Wildman–Crippen MR) is 74.3 cm³/mol. The molecule has 0 spiro atoms. The number of carbonyl (C=O) groups is 2. The van der Waals surface area contributed by atoms with Crippen molar-refractivity contribution in [3.05, 3.63) is 0 Å². The van der Waals surface area contributed by atoms with Gasteiger partial charge in [0.2, 0.25) is 5.91 Å². The molecular formula is C13H23ClN2O3. The molecular weight excluding hydrogens is 268 g/mol. The van der Waals surface area contributed by atoms with E-state index in [2.05, 4.69) is 0 Å². The lowest BCUT2D eigenvalue weighted by atomic mass is 10.2. The summed E-state index contributed by atoms with van der Waals surface area (Å²) >= 11 is 5.59. The van der Waals surface area contributed by atoms with Crippen LogP contribution in [0.2, 0.25) is 0 Å². The third-order valence-electron chi connectivity index (χ3n) is 3.03. The van der Waals surface area contributed by atoms with E-state index in [9.17, 15) is 9.59 Å². The van der Waals surface area contributed by atoms with Gasteiger partial charge in [0, 0.05) is 19.6 Å². The van der Waals surface area contributed by atoms with Crippen LogP contribution < -0.4 is 0 Å². The highest BCUT2D eigenvalue weighted by atomic mass is 35.5. The van der Waals surface area contributed by atoms with E-state index >= 15 is 0 Å². The molecule has 19 heavy (non-hydrogen) atoms. The average Bonchev–Trinajstić information content (AvgIpc) is 2.77. The Morgan fingerprint density at radius 2 is 2.05 bits per heavy atom. The molecule has 0 bridgehead atoms. The summed E-state index contributed by atoms with van der Waals surface area (Å²) in [4.78, 5) is 27.0. The van der Waals surface area contributed by atoms with Crippen LogP contribution in [0.1, 0.15) is 34.1 Å². The fraction of sp³-hybridized carbons (Fsp3) is 0.846. The van der Waals surface area contributed by atoms with Crippen molar-refractivity contribution in [2.45, 2.75) is 45.8 Å². The van der Waals surface area contributed by atoms with Crippen LogP contribution >= 0.6 is 11.6 Å². The van der Waals surface area contributed by atoms with E-state index in [-0.39, 0.29) is 23.9 Å². The maximum Gasteiger partial charge on any atom is 0.410 e. The van der Waals surface area contributed by atoms with Crippen molar-refractivity contribution >= 4 is 23.6 Å². The number of likely N-dealkylation sites (N-methyl/N-ethyl adjacent to an activating group) is 1. The van der Waals surface area contributed by atoms with Crippen LogP contribution in [0.5, 0.6) is 0 Å². The molecule has 1 rings (SSSR count). The van der Waals surface area contributed by atoms with Crippen LogP contribution in [0, 0.1) is 0 Å². The second-order valence-corrected chi connectivity index (χ2v) is 5.95. The molecule has 1 saturated heterocycles. The van der Waals surface area contributed by atoms with Crippen LogP contribution in [0.4, 0.5) is 4.79 Å². The molecule has 1 fully saturated rings. The number of amides is 2. The van der Waals surface area contributed by atoms with Crippen molar-refractivity contribution < 1.29 is 14.3 Å². The molecule has 110 valence electrons. The summed E-state index contributed by atoms with van der Waals surface area (Å²) in [6, 6.07) is 0.0452. The molecule has 1 atom stereocenters. The topological polar surface area (TPSA) is 49.9 Å². The SMILES string of the molecule is CCN(C(=O)CCl)[C@@H]1CCN(C(=O)OC(C)(C)C)C1. The summed E-state index contributed by atoms with van der Waals surface area (Å²) in [6.45, 7) is 9.19. The van der Waals surface area contributed by atoms with Gasteiger partial charge in [0.05, 0.1) is 6.04 Å². The van der Waals surface area contributed by atoms with Gasteiger partial charge in [-0.2, -0.15) is 0 Å². The summed E-state index contributed by atoms with van der Waals surface area (Å²) in [5.74, 6) is -0.100. The van der Waals surface area contributed by atoms with Gasteiger partial charge < -0.3 is 14.5 Å². The Hall–Kier alpha value is -0.970. The first-order valence-electron chi connectivity index (χ1n) is 6.62. The third kappa shape index (κ3) is 4.56. The highest BCUT2D eigenvalue weighted by Gasteiger charge is 2.33. The third-order valence-corrected chi connectivity index (χ3v) is 3.26. The Morgan fingerprint density at radius 1 is 1.42 bits per heavy atom. The zero-order chi connectivity index (χ0) is 14.6. The number of hydrogen-bond donors (Lipinski definition) is 0. The number of halogens is 1. The Kier molecular flexibility index (Phi) is 5.47. The number of ether oxygens (including phenoxy) is 1. The van der Waals surface area contributed by atoms with Gasteiger partial charge >= 0.3 is 6.09 Å². The number of likely N-dealkylation sites (tertiary alicyclic amines) is 1. The molecule has 2 amide bonds. The lowest BCUT2D eigenvalue weighted by Gasteiger charge is -2.28. The number of alkyl halides is 1. The van der Waals surface area contributed by atoms with Crippen LogP contribution in [0.3, 0.4) is 0 Å². The lowest BCUT2D eigenvalue weighted by Crippen LogP contribution is -2.43. The largest absolute Gasteiger partial charge is 0.444 e. The van der Waals surface area contributed by atoms with Crippen LogP contribution in [0.15, 0.2) is 0 Å². The van der Waals surface area contributed by atoms with Gasteiger partial charge in [-0.05, 0) is 34.1 Å². The van der Waals surface area contributed by atoms with Crippen molar-refractivity contribution in [3.8, 4) is 0 Å². The molecule has 0 aliphatic carbocycles. The highest BCUT2D eigenvalue weighted by molar-refractivity contribution is 6.27. The van der Waals surface area contributed by atoms with Crippen molar-refractivity contribution in [2.75, 3.05) is 25.5 Å². The van der Waals surface area contributed by atoms with Gasteiger partial charge in [-0.25, -0.2) is 4.79 Å². The molecule has 0 radical (unpaired) electrons. The van der Waals surface area contributed by atoms with Gasteiger partial charge in [-0.15, -0.1) is 11.6 Å². The van der Waals surface area contributed by atoms with Crippen molar-refractivity contribution in [2.24, 2.45) is 0 Å². The van der Waals surface area contributed by atoms with Gasteiger partial charge in [0.25, 0.3) is 0 Å². The minimum Gasteiger partial charge on any atom is -0.444 e. The molecule has 0 saturated carbocycles. The van der Waals surface area contributed by atoms with Crippen molar-refractivity contribution in [1.29, 1.82) is 0 Å². The Morgan fingerprint density at radius 3 is 2.53 bits per heavy atom. The highest BCUT2D eigenvalue weighted by Crippen LogP contribution is 2.19. The van der Waals surface area contributed by atoms with Gasteiger partial charge in [-0.1, -0.05) is 0 Å². The molecule has 6 heteroatoms. The zero-order valence-electron chi connectivity index (χ0n) is 12.1. The molecule has 0 aromatic heterocycles. The predicted octanol–water partition coefficient (Wildman–Crippen LogP) is 2.08. The summed E-state index contributed by atoms with van der Waals surface area (Å²) in [7, 11) is 0. The smallest absolute Gasteiger partial charge is 0.410 e. The Balaban J connectivity index is 2.57. The first-order valence-corrected chi connectivity index (χ1v) is 7.15. The molecule has 1 heterocycles. The summed E-state index contributed by atoms with van der Waals surface area (Å²) in [6.07, 6.45) is 0.458. The molecule has 5 nitrogen and oxygen atoms in total. The maximum absolute atomic E-state index is 11.9. The second kappa shape index (κ2) is 6.46. The van der Waals surface area contributed by atoms with E-state index in [1.165, 1.54) is 0 Å². The van der Waals surface area contributed by atoms with Gasteiger partial charge in [0.15, 0.2) is 0 Å². The number of hydrogen-bond acceptors (Lipinski definition) is 3. The summed E-state index contributed by atoms with van der Waals surface area (Å²) in [5, 5.41) is 0. The average molecular weight is 291 g/mol. The number of nitrogens with zero attached hydrogens (tertiary/aromatic N) is 2. The fourth-order valence-corrected chi connectivity index (χ4v) is 2.36. The first kappa shape index (κ1) is 16.1. The number of carbonyl (C=O) groups excluding carboxylic acids is 2. The lowest BCUT2D eigenvalue weighted by molar-refractivity contribution is -0.130. The molecule has 0 unspecified atom stereocenters. The normalized spacial score (nSPS) is 19.4. The van der Waals surface area contributed by atoms with Gasteiger partial charge in [0.1, 0.15) is 11.5 Å². The molecule has 0 aromatic rings. The van der Waals surface area contributed by atoms with E-state index in [0.29, 0.717) is 19.6 Å². The van der Waals surface area contributed by atoms with Crippen LogP contribution in [0.25, 0.3) is 0 Å². The monoisotopic (exact) mass is 290 g/mol. The Labute approximate surface area is 119 Å². The molecule has 0 N–H and O–H groups in total. The fourth-order valence-electron chi connectivity index (χ4n) is 2.20. The molecule has 1 aliphatic heterocycles. The minimum atomic E-state index is -0.494. The van der Waals surface area contributed by atoms with Crippen molar-refractivity contribution in [1.82, 2.24) is 9.80 Å². The van der Waals surface area contributed by atoms with Crippen LogP contribution in [-0.4, -0.2) is 59.0 Å². The summed E-state index contributed by atoms with van der Waals surface area (Å²) < 4.78 is 5.33. The van der Waals surface area contributed by atoms with E-state index in [0.717, 1.165) is 6.42 Å². The summed E-state index contributed by atoms with van der Waals surface area (Å²) in [5.41, 5.74) is -0.494. The molecule has 0 aromatic carbocycles. The Bertz CT molecular complexity index is 341. The van der Waals surface area contributed by atoms with Crippen molar-refractivity contribution in [3.63, 3.8) is 0 Å². The second-order valence-electron chi connectivity index (χ2n) is 5.68. The van der Waals surface area contributed by atoms with E-state index < -0.39 is 5.60 Å². The number of rotatable bonds is 3. The standard InChI is InChI=1S/C13H23ClN2O3/c1-5-16(11(17)8-14)10-6-7-15(9-10)12(18)19-13(2,3)4/h10H,5-9H2,1-4H3/t10-/m1/s1. The van der Waals surface area contributed by atoms with E-state index in [4.69, 9.17) is 16.3 Å². The van der Waals surface area contributed by atoms with Crippen LogP contribution in [-0.2, 0) is 9.53 Å². The van der Waals surface area contributed by atoms with E-state index in [1.807, 2.05) is 27.7 Å². The van der Waals surface area contributed by atoms with E-state index in [1.54, 1.807) is 9.80 Å². The quantitative estimate of drug-likeness (QED) is 0.748. The molecule has 1 aliphatic rings. The zero-order valence-corrected chi connectivity index (χ0v) is 12.9. The maximum atomic E-state index is 11.9.